The van der Waals surface area contributed by atoms with Gasteiger partial charge in [-0.15, -0.1) is 5.10 Å². The minimum Gasteiger partial charge on any atom is -0.298 e. The highest BCUT2D eigenvalue weighted by molar-refractivity contribution is 8.13. The van der Waals surface area contributed by atoms with Gasteiger partial charge in [-0.05, 0) is 31.9 Å². The number of amidine groups is 1. The average molecular weight is 379 g/mol. The second-order valence-electron chi connectivity index (χ2n) is 6.78. The van der Waals surface area contributed by atoms with E-state index >= 15 is 0 Å². The van der Waals surface area contributed by atoms with Crippen LogP contribution in [0.25, 0.3) is 5.70 Å². The molecule has 5 nitrogen and oxygen atoms in total. The molecule has 1 N–H and O–H groups in total. The Morgan fingerprint density at radius 3 is 2.81 bits per heavy atom. The largest absolute Gasteiger partial charge is 0.298 e. The summed E-state index contributed by atoms with van der Waals surface area (Å²) in [6.07, 6.45) is 0.669. The molecule has 0 fully saturated rings. The fourth-order valence-corrected chi connectivity index (χ4v) is 4.04. The van der Waals surface area contributed by atoms with Gasteiger partial charge in [-0.3, -0.25) is 15.1 Å². The molecule has 2 aromatic rings. The van der Waals surface area contributed by atoms with E-state index in [1.165, 1.54) is 0 Å². The number of para-hydroxylation sites is 1. The van der Waals surface area contributed by atoms with Gasteiger partial charge in [0.25, 0.3) is 5.91 Å². The molecule has 138 valence electrons. The Kier molecular flexibility index (Phi) is 4.74. The van der Waals surface area contributed by atoms with E-state index in [0.717, 1.165) is 39.4 Å². The van der Waals surface area contributed by atoms with Crippen molar-refractivity contribution in [2.24, 2.45) is 10.1 Å². The van der Waals surface area contributed by atoms with Gasteiger partial charge in [0, 0.05) is 16.5 Å². The Morgan fingerprint density at radius 1 is 1.19 bits per heavy atom. The number of benzene rings is 2. The van der Waals surface area contributed by atoms with E-state index in [1.54, 1.807) is 16.8 Å². The molecule has 0 saturated heterocycles. The van der Waals surface area contributed by atoms with Gasteiger partial charge in [0.2, 0.25) is 0 Å². The number of carbonyl (C=O) groups is 1. The van der Waals surface area contributed by atoms with Crippen molar-refractivity contribution in [1.82, 2.24) is 10.3 Å². The van der Waals surface area contributed by atoms with E-state index in [1.807, 2.05) is 24.3 Å². The summed E-state index contributed by atoms with van der Waals surface area (Å²) in [6, 6.07) is 14.1. The zero-order chi connectivity index (χ0) is 19.0. The summed E-state index contributed by atoms with van der Waals surface area (Å²) < 4.78 is 0. The third-order valence-corrected chi connectivity index (χ3v) is 5.74. The van der Waals surface area contributed by atoms with Crippen LogP contribution in [-0.2, 0) is 4.79 Å². The number of hydrogen-bond acceptors (Lipinski definition) is 5. The number of carbonyl (C=O) groups excluding carboxylic acids is 1. The van der Waals surface area contributed by atoms with Crippen molar-refractivity contribution in [2.45, 2.75) is 33.4 Å². The van der Waals surface area contributed by atoms with Crippen LogP contribution in [-0.4, -0.2) is 21.8 Å². The fourth-order valence-electron chi connectivity index (χ4n) is 3.33. The Labute approximate surface area is 162 Å². The topological polar surface area (TPSA) is 57.1 Å². The number of rotatable bonds is 3. The number of aryl methyl sites for hydroxylation is 2. The number of hydrogen-bond donors (Lipinski definition) is 1. The van der Waals surface area contributed by atoms with E-state index in [0.29, 0.717) is 10.9 Å². The molecule has 0 radical (unpaired) electrons. The second-order valence-corrected chi connectivity index (χ2v) is 7.86. The maximum Gasteiger partial charge on any atom is 0.276 e. The number of fused-ring (bicyclic) bond motifs is 2. The van der Waals surface area contributed by atoms with Gasteiger partial charge in [-0.25, -0.2) is 5.01 Å². The van der Waals surface area contributed by atoms with Crippen LogP contribution in [0, 0.1) is 13.8 Å². The molecule has 2 aliphatic heterocycles. The molecular weight excluding hydrogens is 356 g/mol. The van der Waals surface area contributed by atoms with Crippen LogP contribution in [0.5, 0.6) is 0 Å². The number of nitrogens with one attached hydrogen (secondary N) is 1. The maximum atomic E-state index is 13.0. The van der Waals surface area contributed by atoms with Crippen LogP contribution < -0.4 is 15.9 Å². The lowest BCUT2D eigenvalue weighted by Gasteiger charge is -2.34. The van der Waals surface area contributed by atoms with Gasteiger partial charge in [-0.2, -0.15) is 0 Å². The van der Waals surface area contributed by atoms with Crippen LogP contribution in [0.2, 0.25) is 0 Å². The van der Waals surface area contributed by atoms with Crippen LogP contribution in [0.4, 0.5) is 0 Å². The van der Waals surface area contributed by atoms with E-state index in [4.69, 9.17) is 10.1 Å². The summed E-state index contributed by atoms with van der Waals surface area (Å²) in [5.41, 5.74) is 3.93. The molecule has 0 unspecified atom stereocenters. The summed E-state index contributed by atoms with van der Waals surface area (Å²) in [4.78, 5) is 17.9. The lowest BCUT2D eigenvalue weighted by Crippen LogP contribution is -2.50. The van der Waals surface area contributed by atoms with E-state index < -0.39 is 0 Å². The molecule has 27 heavy (non-hydrogen) atoms. The van der Waals surface area contributed by atoms with Crippen LogP contribution in [0.3, 0.4) is 0 Å². The third kappa shape index (κ3) is 3.25. The molecule has 0 aromatic heterocycles. The normalized spacial score (nSPS) is 18.3. The summed E-state index contributed by atoms with van der Waals surface area (Å²) >= 11 is 1.56. The first-order valence-corrected chi connectivity index (χ1v) is 10.1. The highest BCUT2D eigenvalue weighted by Crippen LogP contribution is 2.32. The number of amides is 1. The maximum absolute atomic E-state index is 13.0. The first-order valence-electron chi connectivity index (χ1n) is 9.15. The fraction of sp³-hybridized carbons (Fsp3) is 0.286. The Bertz CT molecular complexity index is 1060. The Balaban J connectivity index is 1.93. The van der Waals surface area contributed by atoms with Gasteiger partial charge in [0.05, 0.1) is 5.36 Å². The molecule has 2 aliphatic rings. The van der Waals surface area contributed by atoms with Gasteiger partial charge >= 0.3 is 0 Å². The molecule has 2 heterocycles. The van der Waals surface area contributed by atoms with E-state index in [9.17, 15) is 4.79 Å². The molecule has 0 aliphatic carbocycles. The van der Waals surface area contributed by atoms with Crippen molar-refractivity contribution in [2.75, 3.05) is 5.75 Å². The zero-order valence-corrected chi connectivity index (χ0v) is 16.5. The Hall–Kier alpha value is -2.60. The van der Waals surface area contributed by atoms with Crippen molar-refractivity contribution < 1.29 is 4.79 Å². The van der Waals surface area contributed by atoms with Crippen molar-refractivity contribution in [1.29, 1.82) is 0 Å². The van der Waals surface area contributed by atoms with Crippen LogP contribution in [0.15, 0.2) is 52.6 Å². The average Bonchev–Trinajstić information content (AvgIpc) is 2.67. The summed E-state index contributed by atoms with van der Waals surface area (Å²) in [5, 5.41) is 11.8. The minimum atomic E-state index is -0.349. The summed E-state index contributed by atoms with van der Waals surface area (Å²) in [5.74, 6) is 0.783. The van der Waals surface area contributed by atoms with Crippen molar-refractivity contribution >= 4 is 28.5 Å². The highest BCUT2D eigenvalue weighted by Gasteiger charge is 2.34. The van der Waals surface area contributed by atoms with Gasteiger partial charge in [0.1, 0.15) is 5.70 Å². The van der Waals surface area contributed by atoms with Crippen LogP contribution >= 0.6 is 11.8 Å². The predicted molar refractivity (Wildman–Crippen MR) is 109 cm³/mol. The molecule has 6 heteroatoms. The third-order valence-electron chi connectivity index (χ3n) is 4.67. The van der Waals surface area contributed by atoms with Crippen molar-refractivity contribution in [3.8, 4) is 0 Å². The molecule has 0 saturated carbocycles. The SMILES string of the molecule is CCCSC1=NN2C(=c3ccccc3=N[C@H]2c2cc(C)ccc2C)C(=O)N1. The highest BCUT2D eigenvalue weighted by atomic mass is 32.2. The van der Waals surface area contributed by atoms with Crippen LogP contribution in [0.1, 0.15) is 36.2 Å². The Morgan fingerprint density at radius 2 is 2.00 bits per heavy atom. The molecule has 4 rings (SSSR count). The smallest absolute Gasteiger partial charge is 0.276 e. The summed E-state index contributed by atoms with van der Waals surface area (Å²) in [7, 11) is 0. The lowest BCUT2D eigenvalue weighted by molar-refractivity contribution is -0.116. The molecule has 0 spiro atoms. The number of nitrogens with zero attached hydrogens (tertiary/aromatic N) is 3. The van der Waals surface area contributed by atoms with E-state index in [2.05, 4.69) is 44.3 Å². The summed E-state index contributed by atoms with van der Waals surface area (Å²) in [6.45, 7) is 6.26. The predicted octanol–water partition coefficient (Wildman–Crippen LogP) is 2.59. The van der Waals surface area contributed by atoms with Crippen molar-refractivity contribution in [3.05, 3.63) is 69.7 Å². The molecular formula is C21H22N4OS. The standard InChI is InChI=1S/C21H22N4OS/c1-4-11-27-21-23-20(26)18-15-7-5-6-8-17(15)22-19(25(18)24-21)16-12-13(2)9-10-14(16)3/h5-10,12,19H,4,11H2,1-3H3,(H,23,24,26)/t19-/m1/s1. The van der Waals surface area contributed by atoms with Gasteiger partial charge in [0.15, 0.2) is 11.3 Å². The lowest BCUT2D eigenvalue weighted by atomic mass is 10.0. The minimum absolute atomic E-state index is 0.124. The molecule has 1 amide bonds. The van der Waals surface area contributed by atoms with E-state index in [-0.39, 0.29) is 12.1 Å². The van der Waals surface area contributed by atoms with Crippen molar-refractivity contribution in [3.63, 3.8) is 0 Å². The molecule has 2 aromatic carbocycles. The molecule has 1 atom stereocenters. The quantitative estimate of drug-likeness (QED) is 0.893. The first-order chi connectivity index (χ1) is 13.1. The number of hydrazone groups is 1. The van der Waals surface area contributed by atoms with Gasteiger partial charge in [-0.1, -0.05) is 60.6 Å². The number of thioether (sulfide) groups is 1. The monoisotopic (exact) mass is 378 g/mol. The first kappa shape index (κ1) is 17.8. The molecule has 0 bridgehead atoms. The second kappa shape index (κ2) is 7.19. The van der Waals surface area contributed by atoms with Gasteiger partial charge < -0.3 is 0 Å². The zero-order valence-electron chi connectivity index (χ0n) is 15.7.